The molecular weight excluding hydrogens is 450 g/mol. The molecule has 0 aromatic heterocycles. The van der Waals surface area contributed by atoms with Crippen LogP contribution in [-0.2, 0) is 9.53 Å². The number of carbonyl (C=O) groups excluding carboxylic acids is 2. The zero-order valence-corrected chi connectivity index (χ0v) is 19.7. The van der Waals surface area contributed by atoms with Crippen molar-refractivity contribution in [1.29, 1.82) is 0 Å². The zero-order chi connectivity index (χ0) is 25.0. The van der Waals surface area contributed by atoms with Gasteiger partial charge in [0.2, 0.25) is 5.66 Å². The van der Waals surface area contributed by atoms with E-state index in [4.69, 9.17) is 9.84 Å². The second kappa shape index (κ2) is 9.88. The molecule has 0 unspecified atom stereocenters. The fourth-order valence-electron chi connectivity index (χ4n) is 4.64. The van der Waals surface area contributed by atoms with Crippen LogP contribution in [0.15, 0.2) is 126 Å². The summed E-state index contributed by atoms with van der Waals surface area (Å²) in [5, 5.41) is 9.63. The van der Waals surface area contributed by atoms with Gasteiger partial charge < -0.3 is 10.1 Å². The number of methoxy groups -OCH3 is 1. The Hall–Kier alpha value is -4.71. The van der Waals surface area contributed by atoms with Crippen LogP contribution in [-0.4, -0.2) is 30.4 Å². The van der Waals surface area contributed by atoms with Crippen molar-refractivity contribution in [3.63, 3.8) is 0 Å². The van der Waals surface area contributed by atoms with E-state index in [9.17, 15) is 9.59 Å². The van der Waals surface area contributed by atoms with E-state index in [0.29, 0.717) is 17.0 Å². The highest BCUT2D eigenvalue weighted by molar-refractivity contribution is 6.14. The Kier molecular flexibility index (Phi) is 6.33. The minimum absolute atomic E-state index is 0.410. The summed E-state index contributed by atoms with van der Waals surface area (Å²) in [6, 6.07) is 37.4. The number of ether oxygens (including phenoxy) is 1. The van der Waals surface area contributed by atoms with Crippen LogP contribution in [0, 0.1) is 0 Å². The van der Waals surface area contributed by atoms with Gasteiger partial charge in [0.1, 0.15) is 0 Å². The first-order chi connectivity index (χ1) is 17.6. The second-order valence-electron chi connectivity index (χ2n) is 8.42. The van der Waals surface area contributed by atoms with Crippen molar-refractivity contribution in [3.05, 3.63) is 138 Å². The van der Waals surface area contributed by atoms with Crippen LogP contribution in [0.4, 0.5) is 5.69 Å². The van der Waals surface area contributed by atoms with Crippen LogP contribution in [0.25, 0.3) is 0 Å². The molecule has 0 saturated heterocycles. The highest BCUT2D eigenvalue weighted by atomic mass is 16.5. The topological polar surface area (TPSA) is 71.0 Å². The zero-order valence-electron chi connectivity index (χ0n) is 19.7. The number of carbonyl (C=O) groups is 2. The average Bonchev–Trinajstić information content (AvgIpc) is 3.30. The van der Waals surface area contributed by atoms with Gasteiger partial charge in [0.05, 0.1) is 24.4 Å². The van der Waals surface area contributed by atoms with Crippen LogP contribution >= 0.6 is 0 Å². The predicted octanol–water partition coefficient (Wildman–Crippen LogP) is 4.99. The van der Waals surface area contributed by atoms with Gasteiger partial charge in [-0.25, -0.2) is 9.80 Å². The van der Waals surface area contributed by atoms with E-state index >= 15 is 0 Å². The van der Waals surface area contributed by atoms with Crippen molar-refractivity contribution in [1.82, 2.24) is 5.32 Å². The number of hydrogen-bond acceptors (Lipinski definition) is 5. The Balaban J connectivity index is 1.77. The summed E-state index contributed by atoms with van der Waals surface area (Å²) >= 11 is 0. The second-order valence-corrected chi connectivity index (χ2v) is 8.42. The van der Waals surface area contributed by atoms with Gasteiger partial charge in [0, 0.05) is 5.56 Å². The number of nitrogens with zero attached hydrogens (tertiary/aromatic N) is 2. The van der Waals surface area contributed by atoms with E-state index in [0.717, 1.165) is 11.1 Å². The maximum atomic E-state index is 13.9. The summed E-state index contributed by atoms with van der Waals surface area (Å²) in [4.78, 5) is 27.5. The van der Waals surface area contributed by atoms with Crippen molar-refractivity contribution < 1.29 is 14.3 Å². The standard InChI is InChI=1S/C30H25N3O3/c1-36-29(35)30(31-28(34)24-18-10-4-11-19-24)26(22-14-6-2-7-15-22)27(23-16-8-3-9-17-23)32-33(30)25-20-12-5-13-21-25/h2-21,26H,1H3,(H,31,34)/t26-,30+/m0/s1. The van der Waals surface area contributed by atoms with Gasteiger partial charge in [-0.3, -0.25) is 4.79 Å². The number of esters is 1. The van der Waals surface area contributed by atoms with Crippen molar-refractivity contribution in [2.45, 2.75) is 11.6 Å². The van der Waals surface area contributed by atoms with Crippen molar-refractivity contribution in [2.75, 3.05) is 12.1 Å². The van der Waals surface area contributed by atoms with Gasteiger partial charge in [0.15, 0.2) is 0 Å². The minimum atomic E-state index is -1.68. The Morgan fingerprint density at radius 1 is 0.778 bits per heavy atom. The Bertz CT molecular complexity index is 1380. The van der Waals surface area contributed by atoms with E-state index in [2.05, 4.69) is 5.32 Å². The quantitative estimate of drug-likeness (QED) is 0.399. The molecule has 2 atom stereocenters. The molecule has 0 saturated carbocycles. The number of para-hydroxylation sites is 1. The molecular formula is C30H25N3O3. The molecule has 4 aromatic rings. The number of amides is 1. The lowest BCUT2D eigenvalue weighted by Gasteiger charge is -2.40. The van der Waals surface area contributed by atoms with Gasteiger partial charge in [-0.2, -0.15) is 5.10 Å². The van der Waals surface area contributed by atoms with Crippen molar-refractivity contribution in [3.8, 4) is 0 Å². The Morgan fingerprint density at radius 3 is 1.89 bits per heavy atom. The summed E-state index contributed by atoms with van der Waals surface area (Å²) in [5.41, 5.74) is 1.68. The normalized spacial score (nSPS) is 18.9. The number of nitrogens with one attached hydrogen (secondary N) is 1. The number of hydrogen-bond donors (Lipinski definition) is 1. The lowest BCUT2D eigenvalue weighted by Crippen LogP contribution is -2.66. The van der Waals surface area contributed by atoms with Crippen LogP contribution < -0.4 is 10.3 Å². The lowest BCUT2D eigenvalue weighted by molar-refractivity contribution is -0.148. The summed E-state index contributed by atoms with van der Waals surface area (Å²) in [6.07, 6.45) is 0. The molecule has 0 radical (unpaired) electrons. The summed E-state index contributed by atoms with van der Waals surface area (Å²) in [5.74, 6) is -1.70. The molecule has 4 aromatic carbocycles. The van der Waals surface area contributed by atoms with E-state index in [-0.39, 0.29) is 0 Å². The van der Waals surface area contributed by atoms with E-state index in [1.807, 2.05) is 97.1 Å². The molecule has 5 rings (SSSR count). The Morgan fingerprint density at radius 2 is 1.31 bits per heavy atom. The van der Waals surface area contributed by atoms with Crippen LogP contribution in [0.5, 0.6) is 0 Å². The highest BCUT2D eigenvalue weighted by Gasteiger charge is 2.60. The first-order valence-corrected chi connectivity index (χ1v) is 11.7. The molecule has 1 aliphatic heterocycles. The third kappa shape index (κ3) is 4.03. The van der Waals surface area contributed by atoms with Gasteiger partial charge in [-0.05, 0) is 35.4 Å². The monoisotopic (exact) mass is 475 g/mol. The molecule has 0 spiro atoms. The van der Waals surface area contributed by atoms with E-state index in [1.165, 1.54) is 7.11 Å². The molecule has 6 heteroatoms. The van der Waals surface area contributed by atoms with Gasteiger partial charge >= 0.3 is 5.97 Å². The summed E-state index contributed by atoms with van der Waals surface area (Å²) in [7, 11) is 1.32. The molecule has 6 nitrogen and oxygen atoms in total. The maximum absolute atomic E-state index is 13.9. The van der Waals surface area contributed by atoms with Crippen LogP contribution in [0.2, 0.25) is 0 Å². The van der Waals surface area contributed by atoms with Gasteiger partial charge in [0.25, 0.3) is 5.91 Å². The largest absolute Gasteiger partial charge is 0.466 e. The lowest BCUT2D eigenvalue weighted by atomic mass is 9.80. The SMILES string of the molecule is COC(=O)[C@@]1(NC(=O)c2ccccc2)[C@@H](c2ccccc2)C(c2ccccc2)=NN1c1ccccc1. The number of anilines is 1. The average molecular weight is 476 g/mol. The van der Waals surface area contributed by atoms with E-state index in [1.54, 1.807) is 29.3 Å². The third-order valence-corrected chi connectivity index (χ3v) is 6.27. The molecule has 0 bridgehead atoms. The molecule has 1 heterocycles. The molecule has 1 amide bonds. The number of benzene rings is 4. The van der Waals surface area contributed by atoms with E-state index < -0.39 is 23.5 Å². The molecule has 178 valence electrons. The number of rotatable bonds is 6. The fourth-order valence-corrected chi connectivity index (χ4v) is 4.64. The minimum Gasteiger partial charge on any atom is -0.466 e. The molecule has 36 heavy (non-hydrogen) atoms. The Labute approximate surface area is 209 Å². The van der Waals surface area contributed by atoms with Crippen molar-refractivity contribution in [2.24, 2.45) is 5.10 Å². The van der Waals surface area contributed by atoms with Gasteiger partial charge in [-0.15, -0.1) is 0 Å². The molecule has 1 aliphatic rings. The van der Waals surface area contributed by atoms with Crippen molar-refractivity contribution >= 4 is 23.3 Å². The molecule has 0 fully saturated rings. The highest BCUT2D eigenvalue weighted by Crippen LogP contribution is 2.44. The number of hydrazone groups is 1. The van der Waals surface area contributed by atoms with Gasteiger partial charge in [-0.1, -0.05) is 97.1 Å². The first-order valence-electron chi connectivity index (χ1n) is 11.7. The summed E-state index contributed by atoms with van der Waals surface area (Å²) in [6.45, 7) is 0. The molecule has 1 N–H and O–H groups in total. The predicted molar refractivity (Wildman–Crippen MR) is 140 cm³/mol. The maximum Gasteiger partial charge on any atom is 0.355 e. The first kappa shape index (κ1) is 23.1. The summed E-state index contributed by atoms with van der Waals surface area (Å²) < 4.78 is 5.39. The van der Waals surface area contributed by atoms with Crippen LogP contribution in [0.3, 0.4) is 0 Å². The fraction of sp³-hybridized carbons (Fsp3) is 0.100. The molecule has 0 aliphatic carbocycles. The smallest absolute Gasteiger partial charge is 0.355 e. The third-order valence-electron chi connectivity index (χ3n) is 6.27. The van der Waals surface area contributed by atoms with Crippen LogP contribution in [0.1, 0.15) is 27.4 Å².